The molecule has 0 amide bonds. The van der Waals surface area contributed by atoms with Crippen molar-refractivity contribution in [3.63, 3.8) is 0 Å². The van der Waals surface area contributed by atoms with Gasteiger partial charge in [0.1, 0.15) is 18.1 Å². The Hall–Kier alpha value is -2.74. The highest BCUT2D eigenvalue weighted by Crippen LogP contribution is 2.26. The van der Waals surface area contributed by atoms with E-state index in [2.05, 4.69) is 43.2 Å². The van der Waals surface area contributed by atoms with Crippen LogP contribution in [0.1, 0.15) is 56.6 Å². The van der Waals surface area contributed by atoms with Gasteiger partial charge in [-0.15, -0.1) is 0 Å². The highest BCUT2D eigenvalue weighted by atomic mass is 16.5. The summed E-state index contributed by atoms with van der Waals surface area (Å²) in [5.41, 5.74) is 6.15. The van der Waals surface area contributed by atoms with E-state index in [0.29, 0.717) is 24.6 Å². The van der Waals surface area contributed by atoms with E-state index in [1.165, 1.54) is 5.56 Å². The molecular weight excluding hydrogens is 502 g/mol. The summed E-state index contributed by atoms with van der Waals surface area (Å²) in [6.07, 6.45) is 12.2. The Balaban J connectivity index is 1.63. The summed E-state index contributed by atoms with van der Waals surface area (Å²) >= 11 is 0. The van der Waals surface area contributed by atoms with Crippen LogP contribution in [0.3, 0.4) is 0 Å². The van der Waals surface area contributed by atoms with Gasteiger partial charge in [-0.25, -0.2) is 0 Å². The molecule has 0 aliphatic carbocycles. The lowest BCUT2D eigenvalue weighted by molar-refractivity contribution is -0.104. The zero-order valence-corrected chi connectivity index (χ0v) is 25.0. The van der Waals surface area contributed by atoms with Crippen LogP contribution >= 0.6 is 0 Å². The summed E-state index contributed by atoms with van der Waals surface area (Å²) in [5.74, 6) is 1.43. The monoisotopic (exact) mass is 551 g/mol. The fourth-order valence-corrected chi connectivity index (χ4v) is 5.07. The van der Waals surface area contributed by atoms with E-state index in [1.54, 1.807) is 0 Å². The van der Waals surface area contributed by atoms with Gasteiger partial charge in [-0.3, -0.25) is 9.79 Å². The van der Waals surface area contributed by atoms with Crippen molar-refractivity contribution in [2.75, 3.05) is 53.6 Å². The van der Waals surface area contributed by atoms with E-state index in [0.717, 1.165) is 106 Å². The summed E-state index contributed by atoms with van der Waals surface area (Å²) in [6.45, 7) is 12.7. The second-order valence-corrected chi connectivity index (χ2v) is 11.3. The molecule has 0 bridgehead atoms. The molecule has 1 aromatic rings. The topological polar surface area (TPSA) is 72.4 Å². The SMILES string of the molecule is C=C(CNCCCc1ccc(/N=C(CCC2CCOCC2)/C(/C=C(/C)C=O)=C/N(C)C)c(C)c1)O[C@H]1CCOC1. The highest BCUT2D eigenvalue weighted by Gasteiger charge is 2.18. The highest BCUT2D eigenvalue weighted by molar-refractivity contribution is 6.04. The molecule has 1 aromatic carbocycles. The van der Waals surface area contributed by atoms with E-state index in [-0.39, 0.29) is 6.10 Å². The minimum Gasteiger partial charge on any atom is -0.492 e. The van der Waals surface area contributed by atoms with E-state index in [1.807, 2.05) is 32.0 Å². The van der Waals surface area contributed by atoms with Crippen molar-refractivity contribution in [2.24, 2.45) is 10.9 Å². The van der Waals surface area contributed by atoms with Crippen LogP contribution in [-0.2, 0) is 25.4 Å². The second-order valence-electron chi connectivity index (χ2n) is 11.3. The van der Waals surface area contributed by atoms with Crippen LogP contribution in [0.2, 0.25) is 0 Å². The van der Waals surface area contributed by atoms with Gasteiger partial charge in [0.2, 0.25) is 0 Å². The number of carbonyl (C=O) groups is 1. The molecular formula is C33H49N3O4. The Morgan fingerprint density at radius 2 is 1.98 bits per heavy atom. The summed E-state index contributed by atoms with van der Waals surface area (Å²) in [7, 11) is 4.01. The second kappa shape index (κ2) is 17.2. The summed E-state index contributed by atoms with van der Waals surface area (Å²) in [4.78, 5) is 18.6. The third kappa shape index (κ3) is 11.4. The number of allylic oxidation sites excluding steroid dienone is 3. The van der Waals surface area contributed by atoms with Crippen LogP contribution in [0, 0.1) is 12.8 Å². The molecule has 2 fully saturated rings. The minimum absolute atomic E-state index is 0.153. The first kappa shape index (κ1) is 31.8. The number of nitrogens with one attached hydrogen (secondary N) is 1. The van der Waals surface area contributed by atoms with Gasteiger partial charge in [0.15, 0.2) is 0 Å². The number of rotatable bonds is 16. The lowest BCUT2D eigenvalue weighted by Gasteiger charge is -2.22. The quantitative estimate of drug-likeness (QED) is 0.0709. The number of hydrogen-bond acceptors (Lipinski definition) is 7. The number of ether oxygens (including phenoxy) is 3. The molecule has 2 heterocycles. The van der Waals surface area contributed by atoms with E-state index >= 15 is 0 Å². The Bertz CT molecular complexity index is 1050. The number of hydrogen-bond donors (Lipinski definition) is 1. The standard InChI is InChI=1S/C33H49N3O4/c1-25(23-37)19-30(22-36(4)5)33(11-8-28-12-16-38-17-13-28)35-32-10-9-29(20-26(32)2)7-6-15-34-21-27(3)40-31-14-18-39-24-31/h9-10,19-20,22-23,28,31,34H,3,6-8,11-18,21,24H2,1-2,4-5H3/b25-19-,30-22+,35-33+/t31-/m0/s1. The summed E-state index contributed by atoms with van der Waals surface area (Å²) in [6, 6.07) is 6.57. The first-order chi connectivity index (χ1) is 19.3. The number of aryl methyl sites for hydroxylation is 2. The Morgan fingerprint density at radius 3 is 2.65 bits per heavy atom. The Labute approximate surface area is 241 Å². The molecule has 2 saturated heterocycles. The van der Waals surface area contributed by atoms with Gasteiger partial charge in [0, 0.05) is 51.2 Å². The molecule has 0 aromatic heterocycles. The van der Waals surface area contributed by atoms with Crippen LogP contribution in [-0.4, -0.2) is 76.6 Å². The molecule has 220 valence electrons. The molecule has 2 aliphatic rings. The lowest BCUT2D eigenvalue weighted by Crippen LogP contribution is -2.22. The van der Waals surface area contributed by atoms with Crippen molar-refractivity contribution in [3.05, 3.63) is 65.1 Å². The van der Waals surface area contributed by atoms with Crippen molar-refractivity contribution in [3.8, 4) is 0 Å². The van der Waals surface area contributed by atoms with Gasteiger partial charge < -0.3 is 24.4 Å². The molecule has 7 nitrogen and oxygen atoms in total. The maximum Gasteiger partial charge on any atom is 0.145 e. The predicted molar refractivity (Wildman–Crippen MR) is 163 cm³/mol. The first-order valence-electron chi connectivity index (χ1n) is 14.7. The van der Waals surface area contributed by atoms with E-state index < -0.39 is 0 Å². The maximum absolute atomic E-state index is 11.5. The van der Waals surface area contributed by atoms with Crippen LogP contribution in [0.25, 0.3) is 0 Å². The number of aldehydes is 1. The van der Waals surface area contributed by atoms with Crippen LogP contribution < -0.4 is 5.32 Å². The molecule has 1 N–H and O–H groups in total. The van der Waals surface area contributed by atoms with Gasteiger partial charge in [0.25, 0.3) is 0 Å². The van der Waals surface area contributed by atoms with Crippen molar-refractivity contribution < 1.29 is 19.0 Å². The molecule has 0 saturated carbocycles. The fourth-order valence-electron chi connectivity index (χ4n) is 5.07. The summed E-state index contributed by atoms with van der Waals surface area (Å²) < 4.78 is 16.7. The van der Waals surface area contributed by atoms with Crippen LogP contribution in [0.15, 0.2) is 59.0 Å². The molecule has 0 radical (unpaired) electrons. The van der Waals surface area contributed by atoms with Crippen LogP contribution in [0.5, 0.6) is 0 Å². The van der Waals surface area contributed by atoms with Crippen molar-refractivity contribution in [1.82, 2.24) is 10.2 Å². The third-order valence-electron chi connectivity index (χ3n) is 7.31. The van der Waals surface area contributed by atoms with Crippen molar-refractivity contribution >= 4 is 17.7 Å². The van der Waals surface area contributed by atoms with Gasteiger partial charge in [-0.05, 0) is 93.7 Å². The maximum atomic E-state index is 11.5. The number of nitrogens with zero attached hydrogens (tertiary/aromatic N) is 2. The van der Waals surface area contributed by atoms with Gasteiger partial charge in [-0.2, -0.15) is 0 Å². The normalized spacial score (nSPS) is 19.1. The third-order valence-corrected chi connectivity index (χ3v) is 7.31. The van der Waals surface area contributed by atoms with E-state index in [4.69, 9.17) is 19.2 Å². The molecule has 1 atom stereocenters. The Kier molecular flexibility index (Phi) is 13.6. The fraction of sp³-hybridized carbons (Fsp3) is 0.576. The molecule has 7 heteroatoms. The lowest BCUT2D eigenvalue weighted by atomic mass is 9.91. The van der Waals surface area contributed by atoms with Gasteiger partial charge in [0.05, 0.1) is 25.4 Å². The largest absolute Gasteiger partial charge is 0.492 e. The molecule has 0 unspecified atom stereocenters. The molecule has 2 aliphatic heterocycles. The smallest absolute Gasteiger partial charge is 0.145 e. The van der Waals surface area contributed by atoms with Crippen molar-refractivity contribution in [1.29, 1.82) is 0 Å². The molecule has 40 heavy (non-hydrogen) atoms. The minimum atomic E-state index is 0.153. The number of aliphatic imine (C=N–C) groups is 1. The molecule has 3 rings (SSSR count). The average molecular weight is 552 g/mol. The number of benzene rings is 1. The number of carbonyl (C=O) groups excluding carboxylic acids is 1. The zero-order valence-electron chi connectivity index (χ0n) is 25.0. The Morgan fingerprint density at radius 1 is 1.20 bits per heavy atom. The van der Waals surface area contributed by atoms with Crippen molar-refractivity contribution in [2.45, 2.75) is 64.9 Å². The average Bonchev–Trinajstić information content (AvgIpc) is 3.44. The van der Waals surface area contributed by atoms with E-state index in [9.17, 15) is 4.79 Å². The molecule has 0 spiro atoms. The summed E-state index contributed by atoms with van der Waals surface area (Å²) in [5, 5.41) is 3.44. The predicted octanol–water partition coefficient (Wildman–Crippen LogP) is 5.71. The first-order valence-corrected chi connectivity index (χ1v) is 14.7. The zero-order chi connectivity index (χ0) is 28.7. The van der Waals surface area contributed by atoms with Gasteiger partial charge in [-0.1, -0.05) is 18.7 Å². The van der Waals surface area contributed by atoms with Gasteiger partial charge >= 0.3 is 0 Å². The van der Waals surface area contributed by atoms with Crippen LogP contribution in [0.4, 0.5) is 5.69 Å².